The molecule has 2 aliphatic heterocycles. The lowest BCUT2D eigenvalue weighted by Crippen LogP contribution is -2.40. The van der Waals surface area contributed by atoms with Crippen LogP contribution < -0.4 is 4.90 Å². The maximum atomic E-state index is 11.6. The number of nitrogens with zero attached hydrogens (tertiary/aromatic N) is 3. The van der Waals surface area contributed by atoms with Crippen LogP contribution in [0.3, 0.4) is 0 Å². The largest absolute Gasteiger partial charge is 0.504 e. The van der Waals surface area contributed by atoms with Crippen LogP contribution in [0.25, 0.3) is 11.6 Å². The predicted octanol–water partition coefficient (Wildman–Crippen LogP) is 1.57. The zero-order chi connectivity index (χ0) is 19.2. The van der Waals surface area contributed by atoms with Gasteiger partial charge in [-0.3, -0.25) is 0 Å². The molecule has 2 aliphatic rings. The Morgan fingerprint density at radius 2 is 2.04 bits per heavy atom. The lowest BCUT2D eigenvalue weighted by atomic mass is 10.1. The Hall–Kier alpha value is -3.14. The van der Waals surface area contributed by atoms with Crippen molar-refractivity contribution >= 4 is 45.4 Å². The zero-order valence-electron chi connectivity index (χ0n) is 14.0. The Bertz CT molecular complexity index is 1090. The van der Waals surface area contributed by atoms with Gasteiger partial charge in [0.05, 0.1) is 11.5 Å². The molecule has 0 bridgehead atoms. The molecule has 2 N–H and O–H groups in total. The molecule has 0 amide bonds. The van der Waals surface area contributed by atoms with Gasteiger partial charge in [-0.25, -0.2) is 23.2 Å². The molecule has 0 unspecified atom stereocenters. The van der Waals surface area contributed by atoms with E-state index in [2.05, 4.69) is 9.98 Å². The molecule has 27 heavy (non-hydrogen) atoms. The standard InChI is InChI=1S/C17H15N3O6S/c21-14-12(8-10-9-19-15-11(10)2-1-3-18-15)26-16(13(14)17(22)23)20-4-6-27(24,25)7-5-20/h1-3,8-9,21H,4-7H2,(H,22,23). The molecular formula is C17H15N3O6S. The average Bonchev–Trinajstić information content (AvgIpc) is 3.17. The molecule has 0 aliphatic carbocycles. The summed E-state index contributed by atoms with van der Waals surface area (Å²) in [7, 11) is -3.14. The van der Waals surface area contributed by atoms with Crippen molar-refractivity contribution in [1.82, 2.24) is 4.98 Å². The van der Waals surface area contributed by atoms with Crippen LogP contribution in [-0.4, -0.2) is 60.4 Å². The lowest BCUT2D eigenvalue weighted by Gasteiger charge is -2.26. The number of aromatic hydroxyl groups is 1. The molecule has 1 saturated heterocycles. The number of carboxylic acids is 1. The summed E-state index contributed by atoms with van der Waals surface area (Å²) in [5.74, 6) is -1.63. The van der Waals surface area contributed by atoms with Crippen LogP contribution in [0, 0.1) is 0 Å². The topological polar surface area (TPSA) is 133 Å². The number of sulfone groups is 1. The van der Waals surface area contributed by atoms with E-state index in [1.165, 1.54) is 11.0 Å². The maximum absolute atomic E-state index is 11.6. The van der Waals surface area contributed by atoms with Gasteiger partial charge in [0.2, 0.25) is 5.88 Å². The number of aromatic carboxylic acids is 1. The molecule has 4 heterocycles. The van der Waals surface area contributed by atoms with Gasteiger partial charge in [-0.15, -0.1) is 0 Å². The number of hydrogen-bond donors (Lipinski definition) is 2. The summed E-state index contributed by atoms with van der Waals surface area (Å²) in [5.41, 5.74) is 0.963. The molecule has 140 valence electrons. The molecule has 2 aromatic heterocycles. The first-order valence-electron chi connectivity index (χ1n) is 8.11. The van der Waals surface area contributed by atoms with Gasteiger partial charge in [0.25, 0.3) is 0 Å². The van der Waals surface area contributed by atoms with Crippen molar-refractivity contribution in [2.24, 2.45) is 4.99 Å². The second-order valence-corrected chi connectivity index (χ2v) is 8.48. The van der Waals surface area contributed by atoms with E-state index in [0.29, 0.717) is 11.4 Å². The molecule has 0 spiro atoms. The fourth-order valence-corrected chi connectivity index (χ4v) is 4.24. The van der Waals surface area contributed by atoms with Crippen molar-refractivity contribution < 1.29 is 27.8 Å². The van der Waals surface area contributed by atoms with Crippen LogP contribution in [-0.2, 0) is 9.84 Å². The number of allylic oxidation sites excluding steroid dienone is 1. The Morgan fingerprint density at radius 1 is 1.30 bits per heavy atom. The third kappa shape index (κ3) is 3.08. The third-order valence-corrected chi connectivity index (χ3v) is 6.06. The summed E-state index contributed by atoms with van der Waals surface area (Å²) >= 11 is 0. The van der Waals surface area contributed by atoms with Crippen LogP contribution in [0.4, 0.5) is 11.7 Å². The molecule has 0 radical (unpaired) electrons. The van der Waals surface area contributed by atoms with Gasteiger partial charge in [-0.2, -0.15) is 0 Å². The van der Waals surface area contributed by atoms with E-state index in [-0.39, 0.29) is 41.8 Å². The van der Waals surface area contributed by atoms with Crippen LogP contribution in [0.5, 0.6) is 5.75 Å². The minimum atomic E-state index is -3.14. The van der Waals surface area contributed by atoms with Crippen molar-refractivity contribution in [2.45, 2.75) is 0 Å². The van der Waals surface area contributed by atoms with Gasteiger partial charge in [0.1, 0.15) is 0 Å². The summed E-state index contributed by atoms with van der Waals surface area (Å²) in [6, 6.07) is 3.54. The van der Waals surface area contributed by atoms with Crippen LogP contribution in [0.15, 0.2) is 27.7 Å². The minimum absolute atomic E-state index is 0.0333. The number of rotatable bonds is 3. The highest BCUT2D eigenvalue weighted by Gasteiger charge is 2.32. The summed E-state index contributed by atoms with van der Waals surface area (Å²) in [6.07, 6.45) is 4.64. The second-order valence-electron chi connectivity index (χ2n) is 6.17. The molecule has 0 atom stereocenters. The van der Waals surface area contributed by atoms with E-state index >= 15 is 0 Å². The number of carboxylic acid groups (broad SMARTS) is 1. The fraction of sp³-hybridized carbons (Fsp3) is 0.235. The first-order valence-corrected chi connectivity index (χ1v) is 9.93. The van der Waals surface area contributed by atoms with Crippen molar-refractivity contribution in [1.29, 1.82) is 0 Å². The molecule has 9 nitrogen and oxygen atoms in total. The molecule has 0 aromatic carbocycles. The van der Waals surface area contributed by atoms with E-state index in [9.17, 15) is 23.4 Å². The zero-order valence-corrected chi connectivity index (χ0v) is 14.8. The smallest absolute Gasteiger partial charge is 0.345 e. The minimum Gasteiger partial charge on any atom is -0.504 e. The Morgan fingerprint density at radius 3 is 2.74 bits per heavy atom. The molecule has 4 rings (SSSR count). The Balaban J connectivity index is 1.75. The number of anilines is 1. The van der Waals surface area contributed by atoms with E-state index in [4.69, 9.17) is 4.42 Å². The molecule has 1 fully saturated rings. The summed E-state index contributed by atoms with van der Waals surface area (Å²) in [6.45, 7) is 0.194. The molecule has 10 heteroatoms. The molecule has 0 saturated carbocycles. The SMILES string of the molecule is O=C(O)c1c(N2CCS(=O)(=O)CC2)oc(C=C2C=Nc3ncccc32)c1O. The highest BCUT2D eigenvalue weighted by atomic mass is 32.2. The summed E-state index contributed by atoms with van der Waals surface area (Å²) in [4.78, 5) is 21.4. The van der Waals surface area contributed by atoms with Crippen LogP contribution in [0.2, 0.25) is 0 Å². The number of hydrogen-bond acceptors (Lipinski definition) is 8. The number of carbonyl (C=O) groups is 1. The average molecular weight is 389 g/mol. The number of pyridine rings is 1. The predicted molar refractivity (Wildman–Crippen MR) is 98.5 cm³/mol. The third-order valence-electron chi connectivity index (χ3n) is 4.45. The van der Waals surface area contributed by atoms with Crippen molar-refractivity contribution in [3.8, 4) is 5.75 Å². The quantitative estimate of drug-likeness (QED) is 0.808. The van der Waals surface area contributed by atoms with Gasteiger partial charge in [-0.1, -0.05) is 0 Å². The highest BCUT2D eigenvalue weighted by molar-refractivity contribution is 7.91. The highest BCUT2D eigenvalue weighted by Crippen LogP contribution is 2.39. The van der Waals surface area contributed by atoms with E-state index in [1.54, 1.807) is 24.5 Å². The van der Waals surface area contributed by atoms with Gasteiger partial charge >= 0.3 is 5.97 Å². The van der Waals surface area contributed by atoms with Gasteiger partial charge < -0.3 is 19.5 Å². The first kappa shape index (κ1) is 17.3. The Labute approximate surface area is 154 Å². The lowest BCUT2D eigenvalue weighted by molar-refractivity contribution is 0.0694. The second kappa shape index (κ2) is 6.23. The van der Waals surface area contributed by atoms with E-state index < -0.39 is 21.6 Å². The summed E-state index contributed by atoms with van der Waals surface area (Å²) in [5, 5.41) is 19.9. The van der Waals surface area contributed by atoms with Gasteiger partial charge in [0, 0.05) is 36.6 Å². The Kier molecular flexibility index (Phi) is 3.99. The van der Waals surface area contributed by atoms with Crippen molar-refractivity contribution in [3.63, 3.8) is 0 Å². The van der Waals surface area contributed by atoms with Crippen LogP contribution in [0.1, 0.15) is 21.7 Å². The summed E-state index contributed by atoms with van der Waals surface area (Å²) < 4.78 is 28.9. The first-order chi connectivity index (χ1) is 12.9. The maximum Gasteiger partial charge on any atom is 0.345 e. The van der Waals surface area contributed by atoms with E-state index in [0.717, 1.165) is 5.56 Å². The molecular weight excluding hydrogens is 374 g/mol. The number of aromatic nitrogens is 1. The monoisotopic (exact) mass is 389 g/mol. The van der Waals surface area contributed by atoms with Crippen molar-refractivity contribution in [2.75, 3.05) is 29.5 Å². The normalized spacial score (nSPS) is 19.4. The number of aliphatic imine (C=N–C) groups is 1. The van der Waals surface area contributed by atoms with E-state index in [1.807, 2.05) is 0 Å². The van der Waals surface area contributed by atoms with Crippen LogP contribution >= 0.6 is 0 Å². The number of fused-ring (bicyclic) bond motifs is 1. The fourth-order valence-electron chi connectivity index (χ4n) is 3.04. The molecule has 2 aromatic rings. The van der Waals surface area contributed by atoms with Gasteiger partial charge in [0.15, 0.2) is 32.7 Å². The van der Waals surface area contributed by atoms with Gasteiger partial charge in [-0.05, 0) is 18.2 Å². The number of furan rings is 1. The van der Waals surface area contributed by atoms with Crippen molar-refractivity contribution in [3.05, 3.63) is 35.2 Å².